The molecular formula is C52H60F3N7O8S. The van der Waals surface area contributed by atoms with Crippen molar-refractivity contribution in [3.05, 3.63) is 95.5 Å². The first-order chi connectivity index (χ1) is 33.5. The molecule has 4 aromatic rings. The lowest BCUT2D eigenvalue weighted by atomic mass is 9.83. The van der Waals surface area contributed by atoms with Crippen LogP contribution in [-0.4, -0.2) is 93.8 Å². The number of hydrogen-bond acceptors (Lipinski definition) is 11. The summed E-state index contributed by atoms with van der Waals surface area (Å²) >= 11 is 5.66. The van der Waals surface area contributed by atoms with Gasteiger partial charge in [0, 0.05) is 24.2 Å². The van der Waals surface area contributed by atoms with E-state index in [0.717, 1.165) is 59.5 Å². The van der Waals surface area contributed by atoms with Gasteiger partial charge in [-0.2, -0.15) is 18.4 Å². The number of oxazole rings is 1. The summed E-state index contributed by atoms with van der Waals surface area (Å²) in [5.41, 5.74) is -0.757. The van der Waals surface area contributed by atoms with Gasteiger partial charge in [0.25, 0.3) is 5.91 Å². The molecule has 1 aliphatic carbocycles. The van der Waals surface area contributed by atoms with E-state index >= 15 is 0 Å². The van der Waals surface area contributed by atoms with Crippen LogP contribution in [0.15, 0.2) is 77.5 Å². The number of aliphatic hydroxyl groups excluding tert-OH is 1. The Labute approximate surface area is 416 Å². The number of carbonyl (C=O) groups excluding carboxylic acids is 4. The third-order valence-electron chi connectivity index (χ3n) is 13.5. The number of nitriles is 1. The third kappa shape index (κ3) is 11.7. The fraction of sp³-hybridized carbons (Fsp3) is 0.481. The number of carbonyl (C=O) groups is 4. The molecule has 0 spiro atoms. The van der Waals surface area contributed by atoms with Crippen molar-refractivity contribution >= 4 is 52.3 Å². The predicted octanol–water partition coefficient (Wildman–Crippen LogP) is 8.03. The van der Waals surface area contributed by atoms with E-state index in [9.17, 15) is 42.7 Å². The lowest BCUT2D eigenvalue weighted by Gasteiger charge is -2.35. The minimum atomic E-state index is -4.81. The van der Waals surface area contributed by atoms with Crippen LogP contribution in [-0.2, 0) is 30.1 Å². The van der Waals surface area contributed by atoms with Gasteiger partial charge in [0.15, 0.2) is 17.3 Å². The van der Waals surface area contributed by atoms with Gasteiger partial charge in [-0.3, -0.25) is 24.1 Å². The highest BCUT2D eigenvalue weighted by Gasteiger charge is 2.51. The van der Waals surface area contributed by atoms with E-state index in [1.807, 2.05) is 58.9 Å². The number of aromatic nitrogens is 1. The number of ether oxygens (including phenoxy) is 2. The van der Waals surface area contributed by atoms with Crippen LogP contribution in [0.5, 0.6) is 5.75 Å². The van der Waals surface area contributed by atoms with Gasteiger partial charge in [0.05, 0.1) is 53.9 Å². The molecule has 3 N–H and O–H groups in total. The van der Waals surface area contributed by atoms with E-state index in [-0.39, 0.29) is 42.2 Å². The molecule has 0 unspecified atom stereocenters. The van der Waals surface area contributed by atoms with Crippen molar-refractivity contribution < 1.29 is 51.3 Å². The first kappa shape index (κ1) is 52.5. The van der Waals surface area contributed by atoms with Crippen LogP contribution in [0.25, 0.3) is 11.3 Å². The maximum Gasteiger partial charge on any atom is 0.417 e. The number of nitrogens with one attached hydrogen (secondary N) is 2. The van der Waals surface area contributed by atoms with Gasteiger partial charge in [0.2, 0.25) is 17.7 Å². The number of nitrogens with zero attached hydrogens (tertiary/aromatic N) is 5. The number of benzene rings is 3. The first-order valence-corrected chi connectivity index (χ1v) is 24.1. The SMILES string of the molecule is Cc1ncoc1-c1ccc([C@H](C)NC(=O)[C@@H]2C[C@@H](O)CN2C(=O)[C@@H](NC(=O)COC[C@H]2CC[C@@H](COc3ccc(N4C(=S)N(c5ccc(C#N)c(C(F)(F)F)c5)C(=O)C4(C)C)cc3)CC2)C(C)(C)C)cc1. The number of aryl methyl sites for hydroxylation is 1. The minimum Gasteiger partial charge on any atom is -0.493 e. The molecule has 1 aromatic heterocycles. The van der Waals surface area contributed by atoms with Crippen molar-refractivity contribution in [2.24, 2.45) is 17.3 Å². The van der Waals surface area contributed by atoms with Gasteiger partial charge in [-0.15, -0.1) is 0 Å². The van der Waals surface area contributed by atoms with Crippen LogP contribution in [0, 0.1) is 35.5 Å². The molecule has 0 radical (unpaired) electrons. The number of rotatable bonds is 15. The smallest absolute Gasteiger partial charge is 0.417 e. The molecule has 15 nitrogen and oxygen atoms in total. The van der Waals surface area contributed by atoms with Crippen molar-refractivity contribution in [1.29, 1.82) is 5.26 Å². The van der Waals surface area contributed by atoms with E-state index < -0.39 is 76.1 Å². The number of halogens is 3. The summed E-state index contributed by atoms with van der Waals surface area (Å²) in [5.74, 6) is -0.0936. The summed E-state index contributed by atoms with van der Waals surface area (Å²) < 4.78 is 58.8. The van der Waals surface area contributed by atoms with Crippen molar-refractivity contribution in [2.75, 3.05) is 36.2 Å². The van der Waals surface area contributed by atoms with E-state index in [0.29, 0.717) is 30.4 Å². The Kier molecular flexibility index (Phi) is 15.6. The number of likely N-dealkylation sites (tertiary alicyclic amines) is 1. The molecule has 1 saturated carbocycles. The maximum absolute atomic E-state index is 14.1. The molecule has 7 rings (SSSR count). The van der Waals surface area contributed by atoms with E-state index in [1.165, 1.54) is 17.4 Å². The second-order valence-electron chi connectivity index (χ2n) is 20.2. The van der Waals surface area contributed by atoms with Gasteiger partial charge < -0.3 is 39.4 Å². The number of anilines is 2. The molecule has 378 valence electrons. The number of thiocarbonyl (C=S) groups is 1. The lowest BCUT2D eigenvalue weighted by molar-refractivity contribution is -0.144. The Balaban J connectivity index is 0.853. The summed E-state index contributed by atoms with van der Waals surface area (Å²) in [6.07, 6.45) is -0.784. The average molecular weight is 1000 g/mol. The molecule has 19 heteroatoms. The molecule has 3 aromatic carbocycles. The number of β-amino-alcohol motifs (C(OH)–C–C–N with tert-alkyl or cyclic N) is 1. The summed E-state index contributed by atoms with van der Waals surface area (Å²) in [6.45, 7) is 13.0. The highest BCUT2D eigenvalue weighted by molar-refractivity contribution is 7.81. The Hall–Kier alpha value is -6.36. The average Bonchev–Trinajstić information content (AvgIpc) is 3.99. The van der Waals surface area contributed by atoms with Gasteiger partial charge in [-0.1, -0.05) is 45.0 Å². The predicted molar refractivity (Wildman–Crippen MR) is 262 cm³/mol. The molecular weight excluding hydrogens is 940 g/mol. The van der Waals surface area contributed by atoms with Crippen molar-refractivity contribution in [2.45, 2.75) is 117 Å². The van der Waals surface area contributed by atoms with Gasteiger partial charge >= 0.3 is 6.18 Å². The lowest BCUT2D eigenvalue weighted by Crippen LogP contribution is -2.58. The molecule has 2 saturated heterocycles. The van der Waals surface area contributed by atoms with Crippen LogP contribution in [0.4, 0.5) is 24.5 Å². The molecule has 3 aliphatic rings. The monoisotopic (exact) mass is 999 g/mol. The molecule has 4 atom stereocenters. The van der Waals surface area contributed by atoms with Crippen LogP contribution < -0.4 is 25.2 Å². The highest BCUT2D eigenvalue weighted by Crippen LogP contribution is 2.40. The summed E-state index contributed by atoms with van der Waals surface area (Å²) in [7, 11) is 0. The normalized spacial score (nSPS) is 21.2. The number of amides is 4. The molecule has 3 fully saturated rings. The fourth-order valence-corrected chi connectivity index (χ4v) is 9.99. The zero-order valence-corrected chi connectivity index (χ0v) is 41.7. The second-order valence-corrected chi connectivity index (χ2v) is 20.6. The quantitative estimate of drug-likeness (QED) is 0.0974. The zero-order chi connectivity index (χ0) is 51.6. The van der Waals surface area contributed by atoms with Crippen molar-refractivity contribution in [3.63, 3.8) is 0 Å². The summed E-state index contributed by atoms with van der Waals surface area (Å²) in [5, 5.41) is 25.7. The Morgan fingerprint density at radius 1 is 0.972 bits per heavy atom. The van der Waals surface area contributed by atoms with E-state index in [1.54, 1.807) is 49.1 Å². The molecule has 4 amide bonds. The summed E-state index contributed by atoms with van der Waals surface area (Å²) in [6, 6.07) is 16.8. The summed E-state index contributed by atoms with van der Waals surface area (Å²) in [4.78, 5) is 62.9. The zero-order valence-electron chi connectivity index (χ0n) is 40.8. The van der Waals surface area contributed by atoms with Gasteiger partial charge in [0.1, 0.15) is 30.0 Å². The van der Waals surface area contributed by atoms with E-state index in [4.69, 9.17) is 26.1 Å². The number of aliphatic hydroxyl groups is 1. The minimum absolute atomic E-state index is 0.00233. The standard InChI is InChI=1S/C52H60F3N7O8S/c1-30(34-12-14-35(15-13-34)44-31(2)57-29-70-44)58-46(65)42-23-39(63)25-60(42)47(66)45(50(3,4)5)59-43(64)28-68-26-32-8-10-33(11-9-32)27-69-40-20-18-37(19-21-40)62-49(71)61(48(67)51(62,6)7)38-17-16-36(24-56)41(22-38)52(53,54)55/h12-22,29-30,32-33,39,42,45,63H,8-11,23,25-28H2,1-7H3,(H,58,65)(H,59,64)/t30-,32-,33+,39+,42-,45+/m0/s1. The largest absolute Gasteiger partial charge is 0.493 e. The Morgan fingerprint density at radius 2 is 1.61 bits per heavy atom. The van der Waals surface area contributed by atoms with Crippen LogP contribution in [0.2, 0.25) is 0 Å². The van der Waals surface area contributed by atoms with Crippen molar-refractivity contribution in [1.82, 2.24) is 20.5 Å². The topological polar surface area (TPSA) is 191 Å². The first-order valence-electron chi connectivity index (χ1n) is 23.7. The highest BCUT2D eigenvalue weighted by atomic mass is 32.1. The number of alkyl halides is 3. The molecule has 0 bridgehead atoms. The van der Waals surface area contributed by atoms with Gasteiger partial charge in [-0.05, 0) is 131 Å². The fourth-order valence-electron chi connectivity index (χ4n) is 9.47. The van der Waals surface area contributed by atoms with Crippen LogP contribution >= 0.6 is 12.2 Å². The van der Waals surface area contributed by atoms with E-state index in [2.05, 4.69) is 15.6 Å². The number of hydrogen-bond donors (Lipinski definition) is 3. The molecule has 71 heavy (non-hydrogen) atoms. The molecule has 2 aliphatic heterocycles. The maximum atomic E-state index is 14.1. The Bertz CT molecular complexity index is 2650. The second kappa shape index (κ2) is 21.2. The van der Waals surface area contributed by atoms with Crippen molar-refractivity contribution in [3.8, 4) is 23.1 Å². The third-order valence-corrected chi connectivity index (χ3v) is 13.9. The van der Waals surface area contributed by atoms with Gasteiger partial charge in [-0.25, -0.2) is 4.98 Å². The molecule has 3 heterocycles. The van der Waals surface area contributed by atoms with Crippen LogP contribution in [0.3, 0.4) is 0 Å². The van der Waals surface area contributed by atoms with Crippen LogP contribution in [0.1, 0.15) is 102 Å². The Morgan fingerprint density at radius 3 is 2.20 bits per heavy atom.